The number of aromatic nitrogens is 1. The van der Waals surface area contributed by atoms with Crippen LogP contribution in [-0.4, -0.2) is 35.7 Å². The predicted molar refractivity (Wildman–Crippen MR) is 76.3 cm³/mol. The topological polar surface area (TPSA) is 68.7 Å². The first-order chi connectivity index (χ1) is 10.2. The highest BCUT2D eigenvalue weighted by Crippen LogP contribution is 2.21. The number of rotatable bonds is 8. The fraction of sp³-hybridized carbons (Fsp3) is 0.333. The summed E-state index contributed by atoms with van der Waals surface area (Å²) in [4.78, 5) is 13.4. The summed E-state index contributed by atoms with van der Waals surface area (Å²) in [7, 11) is 0. The van der Waals surface area contributed by atoms with Gasteiger partial charge in [-0.25, -0.2) is 0 Å². The van der Waals surface area contributed by atoms with Gasteiger partial charge in [-0.1, -0.05) is 11.2 Å². The number of esters is 1. The summed E-state index contributed by atoms with van der Waals surface area (Å²) in [5.41, 5.74) is 0.715. The van der Waals surface area contributed by atoms with Crippen molar-refractivity contribution < 1.29 is 18.5 Å². The van der Waals surface area contributed by atoms with Crippen molar-refractivity contribution in [3.8, 4) is 11.5 Å². The number of hydrogen-bond acceptors (Lipinski definition) is 6. The molecule has 0 saturated carbocycles. The van der Waals surface area contributed by atoms with Gasteiger partial charge in [-0.15, -0.1) is 6.58 Å². The highest BCUT2D eigenvalue weighted by atomic mass is 16.5. The quantitative estimate of drug-likeness (QED) is 0.549. The van der Waals surface area contributed by atoms with Crippen molar-refractivity contribution >= 4 is 5.97 Å². The third-order valence-electron chi connectivity index (χ3n) is 2.75. The van der Waals surface area contributed by atoms with Crippen LogP contribution in [-0.2, 0) is 16.1 Å². The van der Waals surface area contributed by atoms with Crippen LogP contribution in [0.5, 0.6) is 0 Å². The molecule has 0 aliphatic carbocycles. The van der Waals surface area contributed by atoms with Gasteiger partial charge in [-0.05, 0) is 19.1 Å². The average molecular weight is 290 g/mol. The van der Waals surface area contributed by atoms with Crippen LogP contribution in [0.2, 0.25) is 0 Å². The van der Waals surface area contributed by atoms with Crippen LogP contribution >= 0.6 is 0 Å². The van der Waals surface area contributed by atoms with E-state index in [0.29, 0.717) is 36.9 Å². The molecule has 0 aliphatic rings. The molecule has 0 N–H and O–H groups in total. The number of ether oxygens (including phenoxy) is 1. The second kappa shape index (κ2) is 7.44. The maximum Gasteiger partial charge on any atom is 0.320 e. The monoisotopic (exact) mass is 290 g/mol. The summed E-state index contributed by atoms with van der Waals surface area (Å²) in [5.74, 6) is 0.910. The normalized spacial score (nSPS) is 10.8. The molecule has 0 radical (unpaired) electrons. The molecule has 0 bridgehead atoms. The van der Waals surface area contributed by atoms with Crippen molar-refractivity contribution in [1.82, 2.24) is 10.1 Å². The van der Waals surface area contributed by atoms with Gasteiger partial charge in [0.1, 0.15) is 0 Å². The zero-order valence-corrected chi connectivity index (χ0v) is 11.9. The Morgan fingerprint density at radius 3 is 3.05 bits per heavy atom. The minimum absolute atomic E-state index is 0.183. The summed E-state index contributed by atoms with van der Waals surface area (Å²) >= 11 is 0. The minimum atomic E-state index is -0.269. The third-order valence-corrected chi connectivity index (χ3v) is 2.75. The second-order valence-corrected chi connectivity index (χ2v) is 4.42. The maximum absolute atomic E-state index is 11.6. The second-order valence-electron chi connectivity index (χ2n) is 4.42. The van der Waals surface area contributed by atoms with E-state index >= 15 is 0 Å². The maximum atomic E-state index is 11.6. The van der Waals surface area contributed by atoms with E-state index in [9.17, 15) is 4.79 Å². The molecule has 0 aliphatic heterocycles. The number of carbonyl (C=O) groups is 1. The van der Waals surface area contributed by atoms with Crippen molar-refractivity contribution in [2.24, 2.45) is 0 Å². The molecule has 0 unspecified atom stereocenters. The summed E-state index contributed by atoms with van der Waals surface area (Å²) in [6.07, 6.45) is 3.30. The lowest BCUT2D eigenvalue weighted by atomic mass is 10.3. The Morgan fingerprint density at radius 1 is 1.52 bits per heavy atom. The van der Waals surface area contributed by atoms with Crippen LogP contribution in [0.25, 0.3) is 11.5 Å². The highest BCUT2D eigenvalue weighted by Gasteiger charge is 2.15. The number of carbonyl (C=O) groups excluding carboxylic acids is 1. The zero-order valence-electron chi connectivity index (χ0n) is 11.9. The van der Waals surface area contributed by atoms with Gasteiger partial charge in [0.25, 0.3) is 0 Å². The summed E-state index contributed by atoms with van der Waals surface area (Å²) in [5, 5.41) is 3.98. The third kappa shape index (κ3) is 4.32. The van der Waals surface area contributed by atoms with E-state index < -0.39 is 0 Å². The van der Waals surface area contributed by atoms with Crippen LogP contribution in [0.1, 0.15) is 12.6 Å². The minimum Gasteiger partial charge on any atom is -0.465 e. The lowest BCUT2D eigenvalue weighted by molar-refractivity contribution is -0.144. The van der Waals surface area contributed by atoms with E-state index in [0.717, 1.165) is 0 Å². The fourth-order valence-corrected chi connectivity index (χ4v) is 1.91. The molecule has 6 nitrogen and oxygen atoms in total. The van der Waals surface area contributed by atoms with Crippen LogP contribution in [0.3, 0.4) is 0 Å². The Balaban J connectivity index is 1.99. The van der Waals surface area contributed by atoms with E-state index in [1.807, 2.05) is 4.90 Å². The van der Waals surface area contributed by atoms with Gasteiger partial charge >= 0.3 is 5.97 Å². The molecule has 2 rings (SSSR count). The van der Waals surface area contributed by atoms with Crippen LogP contribution in [0.4, 0.5) is 0 Å². The van der Waals surface area contributed by atoms with Crippen molar-refractivity contribution in [2.75, 3.05) is 19.7 Å². The zero-order chi connectivity index (χ0) is 15.1. The van der Waals surface area contributed by atoms with Crippen LogP contribution in [0, 0.1) is 0 Å². The standard InChI is InChI=1S/C15H18N2O4/c1-3-7-17(11-15(18)19-4-2)10-12-9-14(21-16-12)13-6-5-8-20-13/h3,5-6,8-9H,1,4,7,10-11H2,2H3. The summed E-state index contributed by atoms with van der Waals surface area (Å²) in [6.45, 7) is 7.05. The molecule has 112 valence electrons. The molecule has 0 saturated heterocycles. The first-order valence-electron chi connectivity index (χ1n) is 6.71. The van der Waals surface area contributed by atoms with Gasteiger partial charge in [-0.3, -0.25) is 9.69 Å². The average Bonchev–Trinajstić information content (AvgIpc) is 3.09. The van der Waals surface area contributed by atoms with E-state index in [-0.39, 0.29) is 12.5 Å². The van der Waals surface area contributed by atoms with Crippen molar-refractivity contribution in [3.63, 3.8) is 0 Å². The van der Waals surface area contributed by atoms with E-state index in [4.69, 9.17) is 13.7 Å². The molecule has 0 spiro atoms. The van der Waals surface area contributed by atoms with Gasteiger partial charge < -0.3 is 13.7 Å². The largest absolute Gasteiger partial charge is 0.465 e. The van der Waals surface area contributed by atoms with Gasteiger partial charge in [0, 0.05) is 19.2 Å². The predicted octanol–water partition coefficient (Wildman–Crippen LogP) is 2.49. The number of nitrogens with zero attached hydrogens (tertiary/aromatic N) is 2. The Morgan fingerprint density at radius 2 is 2.38 bits per heavy atom. The lowest BCUT2D eigenvalue weighted by Crippen LogP contribution is -2.30. The molecular weight excluding hydrogens is 272 g/mol. The highest BCUT2D eigenvalue weighted by molar-refractivity contribution is 5.71. The Labute approximate surface area is 123 Å². The molecule has 2 aromatic heterocycles. The van der Waals surface area contributed by atoms with Crippen LogP contribution < -0.4 is 0 Å². The van der Waals surface area contributed by atoms with E-state index in [2.05, 4.69) is 11.7 Å². The fourth-order valence-electron chi connectivity index (χ4n) is 1.91. The van der Waals surface area contributed by atoms with Crippen molar-refractivity contribution in [2.45, 2.75) is 13.5 Å². The molecular formula is C15H18N2O4. The van der Waals surface area contributed by atoms with Gasteiger partial charge in [0.05, 0.1) is 25.1 Å². The van der Waals surface area contributed by atoms with Crippen molar-refractivity contribution in [1.29, 1.82) is 0 Å². The van der Waals surface area contributed by atoms with Gasteiger partial charge in [0.15, 0.2) is 5.76 Å². The molecule has 2 aromatic rings. The molecule has 0 aromatic carbocycles. The van der Waals surface area contributed by atoms with Gasteiger partial charge in [0.2, 0.25) is 5.76 Å². The molecule has 21 heavy (non-hydrogen) atoms. The molecule has 0 amide bonds. The summed E-state index contributed by atoms with van der Waals surface area (Å²) in [6, 6.07) is 5.37. The first-order valence-corrected chi connectivity index (χ1v) is 6.71. The van der Waals surface area contributed by atoms with E-state index in [1.165, 1.54) is 0 Å². The smallest absolute Gasteiger partial charge is 0.320 e. The number of hydrogen-bond donors (Lipinski definition) is 0. The summed E-state index contributed by atoms with van der Waals surface area (Å²) < 4.78 is 15.4. The lowest BCUT2D eigenvalue weighted by Gasteiger charge is -2.17. The van der Waals surface area contributed by atoms with Crippen LogP contribution in [0.15, 0.2) is 46.1 Å². The van der Waals surface area contributed by atoms with Crippen molar-refractivity contribution in [3.05, 3.63) is 42.8 Å². The molecule has 0 fully saturated rings. The molecule has 6 heteroatoms. The SMILES string of the molecule is C=CCN(CC(=O)OCC)Cc1cc(-c2ccco2)on1. The molecule has 2 heterocycles. The Hall–Kier alpha value is -2.34. The number of furan rings is 1. The first kappa shape index (κ1) is 15.1. The molecule has 0 atom stereocenters. The van der Waals surface area contributed by atoms with Gasteiger partial charge in [-0.2, -0.15) is 0 Å². The Bertz CT molecular complexity index is 574. The van der Waals surface area contributed by atoms with E-state index in [1.54, 1.807) is 37.5 Å². The Kier molecular flexibility index (Phi) is 5.34.